The van der Waals surface area contributed by atoms with Crippen molar-refractivity contribution in [2.24, 2.45) is 11.5 Å². The molecular weight excluding hydrogens is 295 g/mol. The molecule has 2 nitrogen and oxygen atoms in total. The Morgan fingerprint density at radius 1 is 0.889 bits per heavy atom. The Balaban J connectivity index is 0.000000640. The molecule has 56 valence electrons. The monoisotopic (exact) mass is 309 g/mol. The van der Waals surface area contributed by atoms with E-state index in [1.54, 1.807) is 0 Å². The van der Waals surface area contributed by atoms with Crippen LogP contribution in [0.5, 0.6) is 0 Å². The van der Waals surface area contributed by atoms with Crippen molar-refractivity contribution >= 4 is 0 Å². The van der Waals surface area contributed by atoms with Crippen molar-refractivity contribution in [2.75, 3.05) is 0 Å². The van der Waals surface area contributed by atoms with Gasteiger partial charge in [-0.25, -0.2) is 0 Å². The van der Waals surface area contributed by atoms with Gasteiger partial charge in [0.05, 0.1) is 5.66 Å². The molecule has 4 N–H and O–H groups in total. The number of hydrogen-bond acceptors (Lipinski definition) is 2. The van der Waals surface area contributed by atoms with Crippen molar-refractivity contribution in [3.05, 3.63) is 0 Å². The van der Waals surface area contributed by atoms with E-state index in [2.05, 4.69) is 0 Å². The molecule has 0 bridgehead atoms. The fourth-order valence-electron chi connectivity index (χ4n) is 1.21. The maximum atomic E-state index is 5.66. The summed E-state index contributed by atoms with van der Waals surface area (Å²) in [5.74, 6) is 0. The van der Waals surface area contributed by atoms with Crippen molar-refractivity contribution in [1.82, 2.24) is 0 Å². The maximum absolute atomic E-state index is 5.66. The van der Waals surface area contributed by atoms with Crippen molar-refractivity contribution in [3.63, 3.8) is 0 Å². The van der Waals surface area contributed by atoms with Crippen LogP contribution in [0.15, 0.2) is 0 Å². The van der Waals surface area contributed by atoms with Gasteiger partial charge in [0.2, 0.25) is 0 Å². The zero-order valence-electron chi connectivity index (χ0n) is 5.51. The quantitative estimate of drug-likeness (QED) is 0.643. The Morgan fingerprint density at radius 3 is 1.56 bits per heavy atom. The summed E-state index contributed by atoms with van der Waals surface area (Å²) in [5, 5.41) is 0. The van der Waals surface area contributed by atoms with Crippen molar-refractivity contribution < 1.29 is 21.1 Å². The summed E-state index contributed by atoms with van der Waals surface area (Å²) in [4.78, 5) is 0. The molecule has 9 heavy (non-hydrogen) atoms. The Morgan fingerprint density at radius 2 is 1.33 bits per heavy atom. The van der Waals surface area contributed by atoms with Crippen LogP contribution >= 0.6 is 0 Å². The minimum atomic E-state index is -0.321. The molecule has 1 rings (SSSR count). The van der Waals surface area contributed by atoms with Crippen LogP contribution in [-0.4, -0.2) is 5.66 Å². The fourth-order valence-corrected chi connectivity index (χ4v) is 1.21. The van der Waals surface area contributed by atoms with E-state index >= 15 is 0 Å². The van der Waals surface area contributed by atoms with Gasteiger partial charge >= 0.3 is 21.1 Å². The summed E-state index contributed by atoms with van der Waals surface area (Å²) >= 11 is 0. The van der Waals surface area contributed by atoms with Gasteiger partial charge in [-0.2, -0.15) is 0 Å². The molecule has 0 spiro atoms. The molecule has 0 saturated heterocycles. The standard InChI is InChI=1S/C6H14N2.Pt/c7-6(8)4-2-1-3-5-6;/h1-5,7-8H2;/q;+2. The molecule has 0 unspecified atom stereocenters. The van der Waals surface area contributed by atoms with Crippen molar-refractivity contribution in [1.29, 1.82) is 0 Å². The summed E-state index contributed by atoms with van der Waals surface area (Å²) in [7, 11) is 0. The van der Waals surface area contributed by atoms with E-state index in [0.29, 0.717) is 0 Å². The molecule has 1 fully saturated rings. The zero-order valence-corrected chi connectivity index (χ0v) is 7.78. The average molecular weight is 309 g/mol. The first kappa shape index (κ1) is 9.61. The first-order chi connectivity index (χ1) is 3.71. The number of nitrogens with two attached hydrogens (primary N) is 2. The van der Waals surface area contributed by atoms with Gasteiger partial charge < -0.3 is 11.5 Å². The van der Waals surface area contributed by atoms with Crippen molar-refractivity contribution in [3.8, 4) is 0 Å². The first-order valence-electron chi connectivity index (χ1n) is 3.28. The molecule has 0 amide bonds. The van der Waals surface area contributed by atoms with Crippen LogP contribution in [0.1, 0.15) is 32.1 Å². The Hall–Kier alpha value is 0.608. The molecule has 0 atom stereocenters. The normalized spacial score (nSPS) is 24.7. The zero-order chi connectivity index (χ0) is 6.04. The molecule has 0 heterocycles. The number of hydrogen-bond donors (Lipinski definition) is 2. The van der Waals surface area contributed by atoms with Gasteiger partial charge in [0.1, 0.15) is 0 Å². The third-order valence-electron chi connectivity index (χ3n) is 1.78. The van der Waals surface area contributed by atoms with Gasteiger partial charge in [0.15, 0.2) is 0 Å². The van der Waals surface area contributed by atoms with Crippen LogP contribution in [0.4, 0.5) is 0 Å². The van der Waals surface area contributed by atoms with Crippen LogP contribution < -0.4 is 11.5 Å². The largest absolute Gasteiger partial charge is 2.00 e. The molecule has 1 aliphatic rings. The van der Waals surface area contributed by atoms with E-state index in [4.69, 9.17) is 11.5 Å². The molecule has 3 heteroatoms. The van der Waals surface area contributed by atoms with E-state index < -0.39 is 0 Å². The first-order valence-corrected chi connectivity index (χ1v) is 3.28. The van der Waals surface area contributed by atoms with Crippen LogP contribution in [0.25, 0.3) is 0 Å². The summed E-state index contributed by atoms with van der Waals surface area (Å²) < 4.78 is 0. The minimum absolute atomic E-state index is 0. The molecule has 0 aromatic carbocycles. The van der Waals surface area contributed by atoms with E-state index in [1.807, 2.05) is 0 Å². The second-order valence-electron chi connectivity index (χ2n) is 2.79. The predicted octanol–water partition coefficient (Wildman–Crippen LogP) is 0.562. The summed E-state index contributed by atoms with van der Waals surface area (Å²) in [6.07, 6.45) is 5.76. The number of rotatable bonds is 0. The van der Waals surface area contributed by atoms with Crippen LogP contribution in [0, 0.1) is 0 Å². The third kappa shape index (κ3) is 3.34. The molecule has 1 aliphatic carbocycles. The fraction of sp³-hybridized carbons (Fsp3) is 1.00. The average Bonchev–Trinajstić information content (AvgIpc) is 1.65. The van der Waals surface area contributed by atoms with E-state index in [-0.39, 0.29) is 26.7 Å². The van der Waals surface area contributed by atoms with Crippen LogP contribution in [-0.2, 0) is 21.1 Å². The minimum Gasteiger partial charge on any atom is -0.313 e. The predicted molar refractivity (Wildman–Crippen MR) is 34.2 cm³/mol. The smallest absolute Gasteiger partial charge is 0.313 e. The third-order valence-corrected chi connectivity index (χ3v) is 1.78. The van der Waals surface area contributed by atoms with E-state index in [9.17, 15) is 0 Å². The van der Waals surface area contributed by atoms with E-state index in [0.717, 1.165) is 12.8 Å². The summed E-state index contributed by atoms with van der Waals surface area (Å²) in [6, 6.07) is 0. The van der Waals surface area contributed by atoms with Crippen LogP contribution in [0.3, 0.4) is 0 Å². The molecular formula is C6H14N2Pt+2. The Kier molecular flexibility index (Phi) is 3.95. The molecule has 0 aromatic heterocycles. The second-order valence-corrected chi connectivity index (χ2v) is 2.79. The Bertz CT molecular complexity index is 75.1. The van der Waals surface area contributed by atoms with Gasteiger partial charge in [-0.05, 0) is 12.8 Å². The van der Waals surface area contributed by atoms with Crippen molar-refractivity contribution in [2.45, 2.75) is 37.8 Å². The summed E-state index contributed by atoms with van der Waals surface area (Å²) in [6.45, 7) is 0. The molecule has 0 aromatic rings. The van der Waals surface area contributed by atoms with E-state index in [1.165, 1.54) is 19.3 Å². The van der Waals surface area contributed by atoms with Gasteiger partial charge in [-0.1, -0.05) is 19.3 Å². The molecule has 0 radical (unpaired) electrons. The molecule has 0 aliphatic heterocycles. The maximum Gasteiger partial charge on any atom is 2.00 e. The topological polar surface area (TPSA) is 52.0 Å². The Labute approximate surface area is 70.6 Å². The van der Waals surface area contributed by atoms with Gasteiger partial charge in [-0.3, -0.25) is 0 Å². The molecule has 1 saturated carbocycles. The van der Waals surface area contributed by atoms with Gasteiger partial charge in [0, 0.05) is 0 Å². The summed E-state index contributed by atoms with van der Waals surface area (Å²) in [5.41, 5.74) is 11.0. The SMILES string of the molecule is NC1(N)CCCCC1.[Pt+2]. The van der Waals surface area contributed by atoms with Gasteiger partial charge in [-0.15, -0.1) is 0 Å². The second kappa shape index (κ2) is 3.70. The van der Waals surface area contributed by atoms with Gasteiger partial charge in [0.25, 0.3) is 0 Å². The van der Waals surface area contributed by atoms with Crippen LogP contribution in [0.2, 0.25) is 0 Å².